The standard InChI is InChI=1S/C20H18FN3O4S2/c21-15-3-5-16(6-4-15)30(27,28)18(17-2-1-11-29-17)13-24-20(26)19(25)23-12-14-7-9-22-10-8-14/h1-11,18H,12-13H2,(H,23,25)(H,24,26). The molecule has 3 aromatic rings. The summed E-state index contributed by atoms with van der Waals surface area (Å²) in [7, 11) is -3.93. The van der Waals surface area contributed by atoms with Gasteiger partial charge in [0.05, 0.1) is 4.90 Å². The zero-order valence-electron chi connectivity index (χ0n) is 15.6. The summed E-state index contributed by atoms with van der Waals surface area (Å²) in [5.74, 6) is -2.38. The maximum Gasteiger partial charge on any atom is 0.309 e. The Kier molecular flexibility index (Phi) is 6.91. The van der Waals surface area contributed by atoms with Crippen molar-refractivity contribution in [1.82, 2.24) is 15.6 Å². The molecule has 0 saturated carbocycles. The molecule has 0 aliphatic carbocycles. The van der Waals surface area contributed by atoms with E-state index in [1.165, 1.54) is 23.5 Å². The van der Waals surface area contributed by atoms with E-state index >= 15 is 0 Å². The highest BCUT2D eigenvalue weighted by Gasteiger charge is 2.31. The Labute approximate surface area is 176 Å². The van der Waals surface area contributed by atoms with Crippen LogP contribution < -0.4 is 10.6 Å². The monoisotopic (exact) mass is 447 g/mol. The van der Waals surface area contributed by atoms with Crippen LogP contribution in [-0.4, -0.2) is 31.8 Å². The second kappa shape index (κ2) is 9.59. The number of rotatable bonds is 7. The number of carbonyl (C=O) groups excluding carboxylic acids is 2. The maximum atomic E-state index is 13.2. The molecule has 0 radical (unpaired) electrons. The van der Waals surface area contributed by atoms with E-state index in [2.05, 4.69) is 15.6 Å². The lowest BCUT2D eigenvalue weighted by atomic mass is 10.3. The molecule has 2 aromatic heterocycles. The molecule has 2 N–H and O–H groups in total. The molecule has 2 heterocycles. The van der Waals surface area contributed by atoms with E-state index in [9.17, 15) is 22.4 Å². The smallest absolute Gasteiger partial charge is 0.309 e. The van der Waals surface area contributed by atoms with Crippen molar-refractivity contribution in [3.8, 4) is 0 Å². The average Bonchev–Trinajstić information content (AvgIpc) is 3.27. The number of hydrogen-bond donors (Lipinski definition) is 2. The summed E-state index contributed by atoms with van der Waals surface area (Å²) >= 11 is 1.21. The Balaban J connectivity index is 1.69. The fraction of sp³-hybridized carbons (Fsp3) is 0.150. The van der Waals surface area contributed by atoms with Crippen LogP contribution in [-0.2, 0) is 26.0 Å². The number of halogens is 1. The van der Waals surface area contributed by atoms with E-state index in [4.69, 9.17) is 0 Å². The number of nitrogens with zero attached hydrogens (tertiary/aromatic N) is 1. The average molecular weight is 448 g/mol. The van der Waals surface area contributed by atoms with Gasteiger partial charge in [-0.15, -0.1) is 11.3 Å². The van der Waals surface area contributed by atoms with Gasteiger partial charge in [0.15, 0.2) is 9.84 Å². The molecule has 2 amide bonds. The van der Waals surface area contributed by atoms with E-state index in [1.807, 2.05) is 0 Å². The van der Waals surface area contributed by atoms with Crippen LogP contribution in [0.3, 0.4) is 0 Å². The van der Waals surface area contributed by atoms with Gasteiger partial charge in [-0.3, -0.25) is 14.6 Å². The minimum absolute atomic E-state index is 0.0707. The minimum Gasteiger partial charge on any atom is -0.346 e. The van der Waals surface area contributed by atoms with Gasteiger partial charge < -0.3 is 10.6 Å². The Bertz CT molecular complexity index is 1100. The lowest BCUT2D eigenvalue weighted by molar-refractivity contribution is -0.139. The van der Waals surface area contributed by atoms with Gasteiger partial charge in [-0.25, -0.2) is 12.8 Å². The highest BCUT2D eigenvalue weighted by Crippen LogP contribution is 2.31. The molecule has 1 atom stereocenters. The lowest BCUT2D eigenvalue weighted by Gasteiger charge is -2.17. The molecular weight excluding hydrogens is 429 g/mol. The van der Waals surface area contributed by atoms with Gasteiger partial charge in [-0.05, 0) is 53.4 Å². The number of hydrogen-bond acceptors (Lipinski definition) is 6. The SMILES string of the molecule is O=C(NCc1ccncc1)C(=O)NCC(c1cccs1)S(=O)(=O)c1ccc(F)cc1. The fourth-order valence-corrected chi connectivity index (χ4v) is 5.44. The first-order chi connectivity index (χ1) is 14.4. The van der Waals surface area contributed by atoms with Crippen molar-refractivity contribution in [2.24, 2.45) is 0 Å². The van der Waals surface area contributed by atoms with Crippen LogP contribution in [0.15, 0.2) is 71.2 Å². The summed E-state index contributed by atoms with van der Waals surface area (Å²) in [5, 5.41) is 5.45. The predicted molar refractivity (Wildman–Crippen MR) is 110 cm³/mol. The maximum absolute atomic E-state index is 13.2. The normalized spacial score (nSPS) is 12.2. The van der Waals surface area contributed by atoms with Crippen LogP contribution in [0.5, 0.6) is 0 Å². The Morgan fingerprint density at radius 3 is 2.30 bits per heavy atom. The van der Waals surface area contributed by atoms with Crippen molar-refractivity contribution in [3.05, 3.63) is 82.6 Å². The first-order valence-electron chi connectivity index (χ1n) is 8.85. The summed E-state index contributed by atoms with van der Waals surface area (Å²) in [6.45, 7) is -0.168. The minimum atomic E-state index is -3.93. The van der Waals surface area contributed by atoms with Gasteiger partial charge >= 0.3 is 11.8 Å². The van der Waals surface area contributed by atoms with Crippen LogP contribution in [0.4, 0.5) is 4.39 Å². The summed E-state index contributed by atoms with van der Waals surface area (Å²) in [5.41, 5.74) is 0.765. The number of thiophene rings is 1. The quantitative estimate of drug-likeness (QED) is 0.427. The largest absolute Gasteiger partial charge is 0.346 e. The second-order valence-corrected chi connectivity index (χ2v) is 9.36. The summed E-state index contributed by atoms with van der Waals surface area (Å²) in [6, 6.07) is 11.2. The number of benzene rings is 1. The third kappa shape index (κ3) is 5.28. The molecule has 156 valence electrons. The van der Waals surface area contributed by atoms with Gasteiger partial charge in [-0.2, -0.15) is 0 Å². The molecule has 1 unspecified atom stereocenters. The van der Waals surface area contributed by atoms with Gasteiger partial charge in [0.25, 0.3) is 0 Å². The van der Waals surface area contributed by atoms with Gasteiger partial charge in [-0.1, -0.05) is 6.07 Å². The first kappa shape index (κ1) is 21.6. The second-order valence-electron chi connectivity index (χ2n) is 6.25. The summed E-state index contributed by atoms with van der Waals surface area (Å²) in [4.78, 5) is 28.5. The van der Waals surface area contributed by atoms with Crippen LogP contribution >= 0.6 is 11.3 Å². The number of carbonyl (C=O) groups is 2. The molecule has 0 aliphatic rings. The molecule has 7 nitrogen and oxygen atoms in total. The molecule has 0 spiro atoms. The van der Waals surface area contributed by atoms with Gasteiger partial charge in [0, 0.05) is 30.4 Å². The number of aromatic nitrogens is 1. The van der Waals surface area contributed by atoms with Crippen molar-refractivity contribution in [2.75, 3.05) is 6.54 Å². The zero-order valence-corrected chi connectivity index (χ0v) is 17.3. The van der Waals surface area contributed by atoms with Crippen molar-refractivity contribution in [2.45, 2.75) is 16.7 Å². The third-order valence-corrected chi connectivity index (χ3v) is 7.47. The molecule has 3 rings (SSSR count). The summed E-state index contributed by atoms with van der Waals surface area (Å²) in [6.07, 6.45) is 3.13. The van der Waals surface area contributed by atoms with E-state index in [0.29, 0.717) is 4.88 Å². The zero-order chi connectivity index (χ0) is 21.6. The van der Waals surface area contributed by atoms with Crippen molar-refractivity contribution < 1.29 is 22.4 Å². The van der Waals surface area contributed by atoms with Gasteiger partial charge in [0.1, 0.15) is 11.1 Å². The molecule has 1 aromatic carbocycles. The van der Waals surface area contributed by atoms with E-state index < -0.39 is 32.7 Å². The first-order valence-corrected chi connectivity index (χ1v) is 11.3. The predicted octanol–water partition coefficient (Wildman–Crippen LogP) is 2.23. The summed E-state index contributed by atoms with van der Waals surface area (Å²) < 4.78 is 39.3. The molecule has 0 saturated heterocycles. The van der Waals surface area contributed by atoms with E-state index in [1.54, 1.807) is 42.0 Å². The number of nitrogens with one attached hydrogen (secondary N) is 2. The van der Waals surface area contributed by atoms with E-state index in [0.717, 1.165) is 17.7 Å². The van der Waals surface area contributed by atoms with Crippen molar-refractivity contribution in [3.63, 3.8) is 0 Å². The fourth-order valence-electron chi connectivity index (χ4n) is 2.66. The molecule has 0 bridgehead atoms. The third-order valence-electron chi connectivity index (χ3n) is 4.23. The number of pyridine rings is 1. The Morgan fingerprint density at radius 2 is 1.67 bits per heavy atom. The molecule has 10 heteroatoms. The van der Waals surface area contributed by atoms with Crippen LogP contribution in [0.25, 0.3) is 0 Å². The molecular formula is C20H18FN3O4S2. The van der Waals surface area contributed by atoms with Crippen LogP contribution in [0.1, 0.15) is 15.7 Å². The highest BCUT2D eigenvalue weighted by atomic mass is 32.2. The number of amides is 2. The van der Waals surface area contributed by atoms with Crippen LogP contribution in [0.2, 0.25) is 0 Å². The molecule has 0 fully saturated rings. The van der Waals surface area contributed by atoms with Gasteiger partial charge in [0.2, 0.25) is 0 Å². The Hall–Kier alpha value is -3.11. The Morgan fingerprint density at radius 1 is 1.00 bits per heavy atom. The number of sulfone groups is 1. The molecule has 0 aliphatic heterocycles. The lowest BCUT2D eigenvalue weighted by Crippen LogP contribution is -2.42. The van der Waals surface area contributed by atoms with Crippen molar-refractivity contribution in [1.29, 1.82) is 0 Å². The van der Waals surface area contributed by atoms with Crippen molar-refractivity contribution >= 4 is 33.0 Å². The highest BCUT2D eigenvalue weighted by molar-refractivity contribution is 7.91. The van der Waals surface area contributed by atoms with Crippen LogP contribution in [0, 0.1) is 5.82 Å². The topological polar surface area (TPSA) is 105 Å². The van der Waals surface area contributed by atoms with E-state index in [-0.39, 0.29) is 18.0 Å². The molecule has 30 heavy (non-hydrogen) atoms.